The first-order valence-electron chi connectivity index (χ1n) is 5.67. The smallest absolute Gasteiger partial charge is 0.335 e. The van der Waals surface area contributed by atoms with Crippen molar-refractivity contribution in [2.24, 2.45) is 0 Å². The Labute approximate surface area is 129 Å². The number of nitrogens with two attached hydrogens (primary N) is 1. The van der Waals surface area contributed by atoms with Gasteiger partial charge in [-0.25, -0.2) is 4.79 Å². The summed E-state index contributed by atoms with van der Waals surface area (Å²) in [6, 6.07) is 9.82. The minimum absolute atomic E-state index is 0.122. The van der Waals surface area contributed by atoms with Gasteiger partial charge in [0.25, 0.3) is 0 Å². The lowest BCUT2D eigenvalue weighted by atomic mass is 10.2. The molecule has 20 heavy (non-hydrogen) atoms. The number of halogens is 2. The molecule has 0 aromatic heterocycles. The molecule has 4 nitrogen and oxygen atoms in total. The number of aromatic carboxylic acids is 1. The van der Waals surface area contributed by atoms with Crippen LogP contribution in [-0.4, -0.2) is 11.1 Å². The molecule has 0 fully saturated rings. The third-order valence-electron chi connectivity index (χ3n) is 2.66. The molecule has 0 aliphatic carbocycles. The first-order chi connectivity index (χ1) is 9.47. The van der Waals surface area contributed by atoms with E-state index in [0.717, 1.165) is 10.0 Å². The molecule has 0 amide bonds. The highest BCUT2D eigenvalue weighted by Gasteiger charge is 2.08. The minimum atomic E-state index is -1.03. The number of hydrogen-bond acceptors (Lipinski definition) is 3. The van der Waals surface area contributed by atoms with Crippen LogP contribution in [0.5, 0.6) is 5.75 Å². The van der Waals surface area contributed by atoms with Crippen molar-refractivity contribution in [3.8, 4) is 5.75 Å². The Morgan fingerprint density at radius 1 is 1.30 bits per heavy atom. The molecule has 0 radical (unpaired) electrons. The highest BCUT2D eigenvalue weighted by Crippen LogP contribution is 2.26. The van der Waals surface area contributed by atoms with Gasteiger partial charge in [-0.15, -0.1) is 0 Å². The van der Waals surface area contributed by atoms with E-state index in [0.29, 0.717) is 10.8 Å². The van der Waals surface area contributed by atoms with Crippen LogP contribution in [0.3, 0.4) is 0 Å². The number of rotatable bonds is 4. The third-order valence-corrected chi connectivity index (χ3v) is 3.50. The van der Waals surface area contributed by atoms with Gasteiger partial charge in [-0.05, 0) is 30.3 Å². The summed E-state index contributed by atoms with van der Waals surface area (Å²) in [5.41, 5.74) is 6.97. The molecule has 0 saturated carbocycles. The van der Waals surface area contributed by atoms with Crippen molar-refractivity contribution >= 4 is 39.2 Å². The molecule has 0 unspecified atom stereocenters. The normalized spacial score (nSPS) is 10.3. The summed E-state index contributed by atoms with van der Waals surface area (Å²) in [5, 5.41) is 9.44. The molecule has 2 rings (SSSR count). The highest BCUT2D eigenvalue weighted by atomic mass is 79.9. The van der Waals surface area contributed by atoms with Crippen molar-refractivity contribution < 1.29 is 14.6 Å². The molecule has 2 aromatic carbocycles. The average Bonchev–Trinajstić information content (AvgIpc) is 2.38. The summed E-state index contributed by atoms with van der Waals surface area (Å²) in [5.74, 6) is -0.604. The van der Waals surface area contributed by atoms with E-state index in [1.807, 2.05) is 12.1 Å². The molecular weight excluding hydrogens is 346 g/mol. The molecule has 0 saturated heterocycles. The van der Waals surface area contributed by atoms with Crippen LogP contribution in [0.4, 0.5) is 5.69 Å². The van der Waals surface area contributed by atoms with Crippen LogP contribution in [0.15, 0.2) is 40.9 Å². The van der Waals surface area contributed by atoms with Crippen LogP contribution in [0.25, 0.3) is 0 Å². The highest BCUT2D eigenvalue weighted by molar-refractivity contribution is 9.10. The molecule has 104 valence electrons. The van der Waals surface area contributed by atoms with Crippen molar-refractivity contribution in [1.82, 2.24) is 0 Å². The Balaban J connectivity index is 2.13. The Morgan fingerprint density at radius 2 is 2.05 bits per heavy atom. The van der Waals surface area contributed by atoms with Crippen LogP contribution in [-0.2, 0) is 6.61 Å². The zero-order valence-electron chi connectivity index (χ0n) is 10.3. The number of nitrogen functional groups attached to an aromatic ring is 1. The van der Waals surface area contributed by atoms with Crippen molar-refractivity contribution in [2.75, 3.05) is 5.73 Å². The van der Waals surface area contributed by atoms with Crippen LogP contribution < -0.4 is 10.5 Å². The first kappa shape index (κ1) is 14.7. The fourth-order valence-corrected chi connectivity index (χ4v) is 2.34. The number of carboxylic acid groups (broad SMARTS) is 1. The predicted molar refractivity (Wildman–Crippen MR) is 81.3 cm³/mol. The van der Waals surface area contributed by atoms with Crippen molar-refractivity contribution in [3.05, 3.63) is 57.0 Å². The van der Waals surface area contributed by atoms with E-state index in [9.17, 15) is 4.79 Å². The van der Waals surface area contributed by atoms with Gasteiger partial charge in [0.1, 0.15) is 12.4 Å². The van der Waals surface area contributed by atoms with Crippen LogP contribution in [0, 0.1) is 0 Å². The number of carboxylic acids is 1. The first-order valence-corrected chi connectivity index (χ1v) is 6.84. The lowest BCUT2D eigenvalue weighted by Crippen LogP contribution is -2.02. The SMILES string of the molecule is Nc1cc(C(=O)O)ccc1OCc1ccc(Br)cc1Cl. The van der Waals surface area contributed by atoms with Gasteiger partial charge in [-0.3, -0.25) is 0 Å². The second-order valence-corrected chi connectivity index (χ2v) is 5.41. The minimum Gasteiger partial charge on any atom is -0.487 e. The largest absolute Gasteiger partial charge is 0.487 e. The predicted octanol–water partition coefficient (Wildman–Crippen LogP) is 3.96. The maximum Gasteiger partial charge on any atom is 0.335 e. The fourth-order valence-electron chi connectivity index (χ4n) is 1.61. The van der Waals surface area contributed by atoms with E-state index in [1.165, 1.54) is 18.2 Å². The van der Waals surface area contributed by atoms with E-state index >= 15 is 0 Å². The van der Waals surface area contributed by atoms with Gasteiger partial charge in [0.05, 0.1) is 11.3 Å². The molecule has 0 atom stereocenters. The van der Waals surface area contributed by atoms with Crippen molar-refractivity contribution in [1.29, 1.82) is 0 Å². The third kappa shape index (κ3) is 3.43. The van der Waals surface area contributed by atoms with E-state index in [4.69, 9.17) is 27.2 Å². The Morgan fingerprint density at radius 3 is 2.65 bits per heavy atom. The molecular formula is C14H11BrClNO3. The second-order valence-electron chi connectivity index (χ2n) is 4.08. The van der Waals surface area contributed by atoms with Crippen LogP contribution in [0.2, 0.25) is 5.02 Å². The molecule has 2 aromatic rings. The topological polar surface area (TPSA) is 72.6 Å². The summed E-state index contributed by atoms with van der Waals surface area (Å²) >= 11 is 9.41. The molecule has 3 N–H and O–H groups in total. The molecule has 0 spiro atoms. The van der Waals surface area contributed by atoms with E-state index < -0.39 is 5.97 Å². The van der Waals surface area contributed by atoms with Crippen molar-refractivity contribution in [3.63, 3.8) is 0 Å². The molecule has 0 aliphatic rings. The molecule has 0 bridgehead atoms. The van der Waals surface area contributed by atoms with Gasteiger partial charge in [0.2, 0.25) is 0 Å². The van der Waals surface area contributed by atoms with Crippen LogP contribution >= 0.6 is 27.5 Å². The number of ether oxygens (including phenoxy) is 1. The number of benzene rings is 2. The lowest BCUT2D eigenvalue weighted by molar-refractivity contribution is 0.0697. The number of hydrogen-bond donors (Lipinski definition) is 2. The quantitative estimate of drug-likeness (QED) is 0.813. The zero-order valence-corrected chi connectivity index (χ0v) is 12.6. The lowest BCUT2D eigenvalue weighted by Gasteiger charge is -2.10. The zero-order chi connectivity index (χ0) is 14.7. The summed E-state index contributed by atoms with van der Waals surface area (Å²) in [4.78, 5) is 10.8. The summed E-state index contributed by atoms with van der Waals surface area (Å²) in [6.07, 6.45) is 0. The Hall–Kier alpha value is -1.72. The molecule has 6 heteroatoms. The van der Waals surface area contributed by atoms with Gasteiger partial charge in [-0.2, -0.15) is 0 Å². The van der Waals surface area contributed by atoms with Gasteiger partial charge >= 0.3 is 5.97 Å². The fraction of sp³-hybridized carbons (Fsp3) is 0.0714. The average molecular weight is 357 g/mol. The van der Waals surface area contributed by atoms with Crippen LogP contribution in [0.1, 0.15) is 15.9 Å². The van der Waals surface area contributed by atoms with E-state index in [2.05, 4.69) is 15.9 Å². The second kappa shape index (κ2) is 6.15. The summed E-state index contributed by atoms with van der Waals surface area (Å²) < 4.78 is 6.45. The summed E-state index contributed by atoms with van der Waals surface area (Å²) in [7, 11) is 0. The van der Waals surface area contributed by atoms with Gasteiger partial charge in [0.15, 0.2) is 0 Å². The molecule has 0 heterocycles. The molecule has 0 aliphatic heterocycles. The van der Waals surface area contributed by atoms with Gasteiger partial charge in [0, 0.05) is 15.1 Å². The maximum atomic E-state index is 10.8. The van der Waals surface area contributed by atoms with E-state index in [-0.39, 0.29) is 17.9 Å². The maximum absolute atomic E-state index is 10.8. The van der Waals surface area contributed by atoms with Crippen molar-refractivity contribution in [2.45, 2.75) is 6.61 Å². The monoisotopic (exact) mass is 355 g/mol. The number of anilines is 1. The standard InChI is InChI=1S/C14H11BrClNO3/c15-10-3-1-9(11(16)6-10)7-20-13-4-2-8(14(18)19)5-12(13)17/h1-6H,7,17H2,(H,18,19). The Bertz CT molecular complexity index is 661. The van der Waals surface area contributed by atoms with Gasteiger partial charge in [-0.1, -0.05) is 33.6 Å². The van der Waals surface area contributed by atoms with E-state index in [1.54, 1.807) is 6.07 Å². The van der Waals surface area contributed by atoms with Gasteiger partial charge < -0.3 is 15.6 Å². The Kier molecular flexibility index (Phi) is 4.52. The number of carbonyl (C=O) groups is 1. The summed E-state index contributed by atoms with van der Waals surface area (Å²) in [6.45, 7) is 0.253.